The average molecular weight is 322 g/mol. The molecule has 0 aliphatic carbocycles. The zero-order valence-corrected chi connectivity index (χ0v) is 12.0. The van der Waals surface area contributed by atoms with Crippen LogP contribution in [0.1, 0.15) is 10.4 Å². The van der Waals surface area contributed by atoms with Gasteiger partial charge in [0.1, 0.15) is 11.5 Å². The third kappa shape index (κ3) is 4.39. The molecule has 0 fully saturated rings. The zero-order chi connectivity index (χ0) is 16.1. The number of hydrogen-bond acceptors (Lipinski definition) is 5. The number of amides is 1. The average Bonchev–Trinajstić information content (AvgIpc) is 2.46. The molecule has 0 saturated heterocycles. The fraction of sp³-hybridized carbons (Fsp3) is 0.0667. The Morgan fingerprint density at radius 2 is 1.64 bits per heavy atom. The quantitative estimate of drug-likeness (QED) is 0.752. The highest BCUT2D eigenvalue weighted by molar-refractivity contribution is 6.30. The van der Waals surface area contributed by atoms with Crippen LogP contribution in [0, 0.1) is 0 Å². The molecule has 2 rings (SSSR count). The van der Waals surface area contributed by atoms with E-state index in [0.29, 0.717) is 10.7 Å². The Morgan fingerprint density at radius 3 is 2.23 bits per heavy atom. The minimum Gasteiger partial charge on any atom is -0.508 e. The Morgan fingerprint density at radius 1 is 1.05 bits per heavy atom. The third-order valence-corrected chi connectivity index (χ3v) is 2.85. The Kier molecular flexibility index (Phi) is 4.85. The summed E-state index contributed by atoms with van der Waals surface area (Å²) in [6.45, 7) is -0.502. The molecule has 114 valence electrons. The Balaban J connectivity index is 1.90. The predicted octanol–water partition coefficient (Wildman–Crippen LogP) is 2.55. The van der Waals surface area contributed by atoms with Gasteiger partial charge in [0, 0.05) is 16.8 Å². The molecular weight excluding hydrogens is 310 g/mol. The maximum atomic E-state index is 11.7. The number of rotatable bonds is 4. The lowest BCUT2D eigenvalue weighted by molar-refractivity contribution is -0.119. The summed E-state index contributed by atoms with van der Waals surface area (Å²) in [7, 11) is 0. The number of halogens is 1. The van der Waals surface area contributed by atoms with E-state index >= 15 is 0 Å². The zero-order valence-electron chi connectivity index (χ0n) is 11.2. The fourth-order valence-electron chi connectivity index (χ4n) is 1.66. The smallest absolute Gasteiger partial charge is 0.338 e. The van der Waals surface area contributed by atoms with Gasteiger partial charge in [0.25, 0.3) is 5.91 Å². The van der Waals surface area contributed by atoms with Crippen LogP contribution in [0.25, 0.3) is 0 Å². The number of hydrogen-bond donors (Lipinski definition) is 3. The number of anilines is 1. The number of phenolic OH excluding ortho intramolecular Hbond substituents is 2. The molecule has 7 heteroatoms. The SMILES string of the molecule is O=C(COC(=O)c1cc(O)cc(O)c1)Nc1ccc(Cl)cc1. The van der Waals surface area contributed by atoms with Crippen molar-refractivity contribution in [3.05, 3.63) is 53.1 Å². The molecule has 22 heavy (non-hydrogen) atoms. The molecule has 0 saturated carbocycles. The number of carbonyl (C=O) groups is 2. The topological polar surface area (TPSA) is 95.9 Å². The second kappa shape index (κ2) is 6.82. The van der Waals surface area contributed by atoms with Gasteiger partial charge in [-0.25, -0.2) is 4.79 Å². The molecule has 3 N–H and O–H groups in total. The number of ether oxygens (including phenoxy) is 1. The van der Waals surface area contributed by atoms with Crippen LogP contribution < -0.4 is 5.32 Å². The van der Waals surface area contributed by atoms with E-state index in [-0.39, 0.29) is 17.1 Å². The molecule has 0 atom stereocenters. The molecule has 0 radical (unpaired) electrons. The van der Waals surface area contributed by atoms with Crippen molar-refractivity contribution in [1.82, 2.24) is 0 Å². The summed E-state index contributed by atoms with van der Waals surface area (Å²) < 4.78 is 4.80. The summed E-state index contributed by atoms with van der Waals surface area (Å²) in [5.41, 5.74) is 0.456. The number of benzene rings is 2. The van der Waals surface area contributed by atoms with E-state index < -0.39 is 18.5 Å². The van der Waals surface area contributed by atoms with Crippen molar-refractivity contribution in [2.75, 3.05) is 11.9 Å². The maximum absolute atomic E-state index is 11.7. The van der Waals surface area contributed by atoms with Gasteiger partial charge in [0.2, 0.25) is 0 Å². The number of aromatic hydroxyl groups is 2. The van der Waals surface area contributed by atoms with Gasteiger partial charge in [0.05, 0.1) is 5.56 Å². The van der Waals surface area contributed by atoms with Gasteiger partial charge >= 0.3 is 5.97 Å². The maximum Gasteiger partial charge on any atom is 0.338 e. The lowest BCUT2D eigenvalue weighted by Gasteiger charge is -2.07. The highest BCUT2D eigenvalue weighted by Crippen LogP contribution is 2.21. The summed E-state index contributed by atoms with van der Waals surface area (Å²) in [6, 6.07) is 9.75. The van der Waals surface area contributed by atoms with Crippen molar-refractivity contribution in [1.29, 1.82) is 0 Å². The summed E-state index contributed by atoms with van der Waals surface area (Å²) >= 11 is 5.72. The van der Waals surface area contributed by atoms with E-state index in [9.17, 15) is 19.8 Å². The Bertz CT molecular complexity index is 679. The highest BCUT2D eigenvalue weighted by Gasteiger charge is 2.12. The van der Waals surface area contributed by atoms with E-state index in [0.717, 1.165) is 18.2 Å². The summed E-state index contributed by atoms with van der Waals surface area (Å²) in [5, 5.41) is 21.6. The molecule has 0 aromatic heterocycles. The number of nitrogens with one attached hydrogen (secondary N) is 1. The van der Waals surface area contributed by atoms with Gasteiger partial charge in [-0.3, -0.25) is 4.79 Å². The van der Waals surface area contributed by atoms with Crippen LogP contribution in [-0.4, -0.2) is 28.7 Å². The van der Waals surface area contributed by atoms with Crippen LogP contribution in [-0.2, 0) is 9.53 Å². The summed E-state index contributed by atoms with van der Waals surface area (Å²) in [5.74, 6) is -1.92. The normalized spacial score (nSPS) is 10.0. The Hall–Kier alpha value is -2.73. The largest absolute Gasteiger partial charge is 0.508 e. The lowest BCUT2D eigenvalue weighted by atomic mass is 10.2. The molecule has 6 nitrogen and oxygen atoms in total. The van der Waals surface area contributed by atoms with E-state index in [1.807, 2.05) is 0 Å². The van der Waals surface area contributed by atoms with Crippen LogP contribution >= 0.6 is 11.6 Å². The van der Waals surface area contributed by atoms with Crippen LogP contribution in [0.2, 0.25) is 5.02 Å². The number of carbonyl (C=O) groups excluding carboxylic acids is 2. The second-order valence-corrected chi connectivity index (χ2v) is 4.81. The van der Waals surface area contributed by atoms with Gasteiger partial charge in [-0.1, -0.05) is 11.6 Å². The van der Waals surface area contributed by atoms with Crippen LogP contribution in [0.15, 0.2) is 42.5 Å². The van der Waals surface area contributed by atoms with Crippen LogP contribution in [0.4, 0.5) is 5.69 Å². The molecule has 0 bridgehead atoms. The van der Waals surface area contributed by atoms with E-state index in [1.54, 1.807) is 24.3 Å². The van der Waals surface area contributed by atoms with Gasteiger partial charge < -0.3 is 20.3 Å². The van der Waals surface area contributed by atoms with Crippen molar-refractivity contribution in [3.63, 3.8) is 0 Å². The molecular formula is C15H12ClNO5. The van der Waals surface area contributed by atoms with Crippen LogP contribution in [0.3, 0.4) is 0 Å². The van der Waals surface area contributed by atoms with Crippen molar-refractivity contribution in [2.45, 2.75) is 0 Å². The van der Waals surface area contributed by atoms with E-state index in [1.165, 1.54) is 0 Å². The van der Waals surface area contributed by atoms with Gasteiger partial charge in [-0.15, -0.1) is 0 Å². The van der Waals surface area contributed by atoms with Crippen molar-refractivity contribution >= 4 is 29.2 Å². The van der Waals surface area contributed by atoms with E-state index in [4.69, 9.17) is 16.3 Å². The Labute approximate surface area is 130 Å². The van der Waals surface area contributed by atoms with Gasteiger partial charge in [-0.05, 0) is 36.4 Å². The van der Waals surface area contributed by atoms with Crippen LogP contribution in [0.5, 0.6) is 11.5 Å². The first-order valence-corrected chi connectivity index (χ1v) is 6.57. The minimum atomic E-state index is -0.836. The lowest BCUT2D eigenvalue weighted by Crippen LogP contribution is -2.20. The molecule has 0 aliphatic rings. The first-order chi connectivity index (χ1) is 10.4. The highest BCUT2D eigenvalue weighted by atomic mass is 35.5. The number of esters is 1. The molecule has 0 unspecified atom stereocenters. The van der Waals surface area contributed by atoms with Crippen molar-refractivity contribution < 1.29 is 24.5 Å². The minimum absolute atomic E-state index is 0.0585. The molecule has 0 spiro atoms. The van der Waals surface area contributed by atoms with E-state index in [2.05, 4.69) is 5.32 Å². The van der Waals surface area contributed by atoms with Crippen molar-refractivity contribution in [3.8, 4) is 11.5 Å². The van der Waals surface area contributed by atoms with Crippen molar-refractivity contribution in [2.24, 2.45) is 0 Å². The van der Waals surface area contributed by atoms with Gasteiger partial charge in [0.15, 0.2) is 6.61 Å². The fourth-order valence-corrected chi connectivity index (χ4v) is 1.78. The second-order valence-electron chi connectivity index (χ2n) is 4.37. The standard InChI is InChI=1S/C15H12ClNO5/c16-10-1-3-11(4-2-10)17-14(20)8-22-15(21)9-5-12(18)7-13(19)6-9/h1-7,18-19H,8H2,(H,17,20). The predicted molar refractivity (Wildman–Crippen MR) is 80.1 cm³/mol. The molecule has 0 heterocycles. The molecule has 2 aromatic rings. The number of phenols is 2. The third-order valence-electron chi connectivity index (χ3n) is 2.60. The molecule has 2 aromatic carbocycles. The first kappa shape index (κ1) is 15.7. The molecule has 0 aliphatic heterocycles. The summed E-state index contributed by atoms with van der Waals surface area (Å²) in [6.07, 6.45) is 0. The first-order valence-electron chi connectivity index (χ1n) is 6.19. The monoisotopic (exact) mass is 321 g/mol. The molecule has 1 amide bonds. The summed E-state index contributed by atoms with van der Waals surface area (Å²) in [4.78, 5) is 23.4. The van der Waals surface area contributed by atoms with Gasteiger partial charge in [-0.2, -0.15) is 0 Å².